The Balaban J connectivity index is 1.63. The quantitative estimate of drug-likeness (QED) is 0.418. The predicted molar refractivity (Wildman–Crippen MR) is 115 cm³/mol. The highest BCUT2D eigenvalue weighted by Gasteiger charge is 2.30. The molecule has 0 aromatic carbocycles. The number of aliphatic carboxylic acids is 2. The lowest BCUT2D eigenvalue weighted by atomic mass is 9.87. The first kappa shape index (κ1) is 24.9. The number of carboxylic acids is 2. The highest BCUT2D eigenvalue weighted by atomic mass is 16.5. The third-order valence-electron chi connectivity index (χ3n) is 6.63. The molecule has 4 unspecified atom stereocenters. The Bertz CT molecular complexity index is 557. The van der Waals surface area contributed by atoms with Crippen molar-refractivity contribution < 1.29 is 29.3 Å². The van der Waals surface area contributed by atoms with Crippen LogP contribution in [0.2, 0.25) is 0 Å². The lowest BCUT2D eigenvalue weighted by Crippen LogP contribution is -2.24. The van der Waals surface area contributed by atoms with Gasteiger partial charge in [0.2, 0.25) is 0 Å². The molecule has 2 saturated heterocycles. The van der Waals surface area contributed by atoms with Crippen LogP contribution in [0.25, 0.3) is 0 Å². The van der Waals surface area contributed by atoms with E-state index in [-0.39, 0.29) is 24.4 Å². The molecule has 0 radical (unpaired) electrons. The summed E-state index contributed by atoms with van der Waals surface area (Å²) in [5.74, 6) is -1.48. The van der Waals surface area contributed by atoms with Crippen molar-refractivity contribution in [1.82, 2.24) is 0 Å². The van der Waals surface area contributed by atoms with Crippen LogP contribution in [-0.2, 0) is 19.1 Å². The van der Waals surface area contributed by atoms with Gasteiger partial charge < -0.3 is 19.7 Å². The van der Waals surface area contributed by atoms with Gasteiger partial charge in [-0.25, -0.2) is 0 Å². The summed E-state index contributed by atoms with van der Waals surface area (Å²) in [7, 11) is 0. The van der Waals surface area contributed by atoms with E-state index < -0.39 is 22.8 Å². The van der Waals surface area contributed by atoms with Crippen molar-refractivity contribution in [2.75, 3.05) is 0 Å². The predicted octanol–water partition coefficient (Wildman–Crippen LogP) is 5.20. The molecule has 4 atom stereocenters. The van der Waals surface area contributed by atoms with Crippen LogP contribution in [0.4, 0.5) is 0 Å². The molecule has 6 nitrogen and oxygen atoms in total. The molecule has 0 aliphatic carbocycles. The molecule has 172 valence electrons. The maximum Gasteiger partial charge on any atom is 0.309 e. The zero-order valence-corrected chi connectivity index (χ0v) is 19.1. The second kappa shape index (κ2) is 10.8. The molecule has 0 aromatic heterocycles. The molecule has 0 amide bonds. The molecule has 0 bridgehead atoms. The molecule has 2 fully saturated rings. The van der Waals surface area contributed by atoms with Crippen molar-refractivity contribution in [2.24, 2.45) is 10.8 Å². The number of ether oxygens (including phenoxy) is 2. The van der Waals surface area contributed by atoms with Crippen LogP contribution in [-0.4, -0.2) is 46.6 Å². The van der Waals surface area contributed by atoms with Gasteiger partial charge in [-0.3, -0.25) is 9.59 Å². The molecule has 2 aliphatic heterocycles. The normalized spacial score (nSPS) is 27.7. The van der Waals surface area contributed by atoms with Gasteiger partial charge in [-0.2, -0.15) is 0 Å². The van der Waals surface area contributed by atoms with Gasteiger partial charge in [0, 0.05) is 0 Å². The highest BCUT2D eigenvalue weighted by Crippen LogP contribution is 2.31. The van der Waals surface area contributed by atoms with E-state index in [9.17, 15) is 19.8 Å². The largest absolute Gasteiger partial charge is 0.481 e. The fourth-order valence-electron chi connectivity index (χ4n) is 4.18. The standard InChI is InChI=1S/C24H40O6/c1-23(2,21(25)26)15-5-7-17-9-11-19(29-17)13-14-20-12-10-18(30-20)8-6-16-24(3,4)22(27)28/h13-14,17-20H,5-12,15-16H2,1-4H3,(H,25,26)(H,27,28). The lowest BCUT2D eigenvalue weighted by Gasteiger charge is -2.20. The molecule has 6 heteroatoms. The van der Waals surface area contributed by atoms with Gasteiger partial charge in [-0.05, 0) is 91.9 Å². The van der Waals surface area contributed by atoms with Crippen molar-refractivity contribution in [3.8, 4) is 0 Å². The number of carbonyl (C=O) groups is 2. The summed E-state index contributed by atoms with van der Waals surface area (Å²) in [4.78, 5) is 22.4. The Morgan fingerprint density at radius 2 is 1.13 bits per heavy atom. The first-order valence-corrected chi connectivity index (χ1v) is 11.5. The number of hydrogen-bond acceptors (Lipinski definition) is 4. The minimum absolute atomic E-state index is 0.126. The van der Waals surface area contributed by atoms with Crippen molar-refractivity contribution in [3.05, 3.63) is 12.2 Å². The van der Waals surface area contributed by atoms with Gasteiger partial charge >= 0.3 is 11.9 Å². The molecule has 2 rings (SSSR count). The molecule has 2 heterocycles. The number of rotatable bonds is 12. The fourth-order valence-corrected chi connectivity index (χ4v) is 4.18. The summed E-state index contributed by atoms with van der Waals surface area (Å²) in [6.45, 7) is 7.10. The van der Waals surface area contributed by atoms with Crippen LogP contribution < -0.4 is 0 Å². The Labute approximate surface area is 181 Å². The second-order valence-corrected chi connectivity index (χ2v) is 10.3. The van der Waals surface area contributed by atoms with E-state index in [0.717, 1.165) is 51.4 Å². The van der Waals surface area contributed by atoms with Crippen LogP contribution in [0.15, 0.2) is 12.2 Å². The van der Waals surface area contributed by atoms with E-state index in [1.54, 1.807) is 27.7 Å². The zero-order chi connectivity index (χ0) is 22.4. The summed E-state index contributed by atoms with van der Waals surface area (Å²) in [6, 6.07) is 0. The van der Waals surface area contributed by atoms with Gasteiger partial charge in [0.15, 0.2) is 0 Å². The van der Waals surface area contributed by atoms with Gasteiger partial charge in [0.05, 0.1) is 35.2 Å². The maximum atomic E-state index is 11.2. The Hall–Kier alpha value is -1.40. The molecular formula is C24H40O6. The van der Waals surface area contributed by atoms with Crippen molar-refractivity contribution in [2.45, 2.75) is 116 Å². The minimum Gasteiger partial charge on any atom is -0.481 e. The molecule has 0 spiro atoms. The summed E-state index contributed by atoms with van der Waals surface area (Å²) in [6.07, 6.45) is 13.9. The summed E-state index contributed by atoms with van der Waals surface area (Å²) in [5.41, 5.74) is -1.34. The van der Waals surface area contributed by atoms with Crippen LogP contribution in [0, 0.1) is 10.8 Å². The second-order valence-electron chi connectivity index (χ2n) is 10.3. The SMILES string of the molecule is CC(C)(CCCC1CCC(C=CC2CCC(CCCC(C)(C)C(=O)O)O2)O1)C(=O)O. The molecule has 30 heavy (non-hydrogen) atoms. The van der Waals surface area contributed by atoms with Crippen LogP contribution in [0.3, 0.4) is 0 Å². The Kier molecular flexibility index (Phi) is 8.92. The minimum atomic E-state index is -0.740. The first-order chi connectivity index (χ1) is 14.0. The summed E-state index contributed by atoms with van der Waals surface area (Å²) < 4.78 is 12.2. The smallest absolute Gasteiger partial charge is 0.309 e. The van der Waals surface area contributed by atoms with Crippen molar-refractivity contribution >= 4 is 11.9 Å². The summed E-state index contributed by atoms with van der Waals surface area (Å²) >= 11 is 0. The van der Waals surface area contributed by atoms with Gasteiger partial charge in [0.1, 0.15) is 0 Å². The van der Waals surface area contributed by atoms with Crippen LogP contribution in [0.1, 0.15) is 91.9 Å². The molecule has 0 saturated carbocycles. The molecule has 2 N–H and O–H groups in total. The molecule has 2 aliphatic rings. The maximum absolute atomic E-state index is 11.2. The van der Waals surface area contributed by atoms with Gasteiger partial charge in [0.25, 0.3) is 0 Å². The van der Waals surface area contributed by atoms with Crippen molar-refractivity contribution in [3.63, 3.8) is 0 Å². The average molecular weight is 425 g/mol. The van der Waals surface area contributed by atoms with E-state index in [1.807, 2.05) is 0 Å². The monoisotopic (exact) mass is 424 g/mol. The number of hydrogen-bond donors (Lipinski definition) is 2. The third-order valence-corrected chi connectivity index (χ3v) is 6.63. The highest BCUT2D eigenvalue weighted by molar-refractivity contribution is 5.73. The van der Waals surface area contributed by atoms with Crippen LogP contribution >= 0.6 is 0 Å². The van der Waals surface area contributed by atoms with E-state index in [0.29, 0.717) is 12.8 Å². The van der Waals surface area contributed by atoms with E-state index in [2.05, 4.69) is 12.2 Å². The molecular weight excluding hydrogens is 384 g/mol. The topological polar surface area (TPSA) is 93.1 Å². The van der Waals surface area contributed by atoms with E-state index in [1.165, 1.54) is 0 Å². The zero-order valence-electron chi connectivity index (χ0n) is 19.1. The summed E-state index contributed by atoms with van der Waals surface area (Å²) in [5, 5.41) is 18.4. The lowest BCUT2D eigenvalue weighted by molar-refractivity contribution is -0.148. The average Bonchev–Trinajstić information content (AvgIpc) is 3.29. The van der Waals surface area contributed by atoms with Gasteiger partial charge in [-0.1, -0.05) is 12.2 Å². The fraction of sp³-hybridized carbons (Fsp3) is 0.833. The third kappa shape index (κ3) is 7.69. The van der Waals surface area contributed by atoms with Crippen molar-refractivity contribution in [1.29, 1.82) is 0 Å². The first-order valence-electron chi connectivity index (χ1n) is 11.5. The Morgan fingerprint density at radius 3 is 1.47 bits per heavy atom. The van der Waals surface area contributed by atoms with E-state index in [4.69, 9.17) is 9.47 Å². The number of carboxylic acid groups (broad SMARTS) is 2. The molecule has 0 aromatic rings. The van der Waals surface area contributed by atoms with Crippen LogP contribution in [0.5, 0.6) is 0 Å². The van der Waals surface area contributed by atoms with E-state index >= 15 is 0 Å². The van der Waals surface area contributed by atoms with Gasteiger partial charge in [-0.15, -0.1) is 0 Å². The Morgan fingerprint density at radius 1 is 0.767 bits per heavy atom.